The van der Waals surface area contributed by atoms with Crippen LogP contribution in [0, 0.1) is 5.92 Å². The third kappa shape index (κ3) is 4.57. The second-order valence-electron chi connectivity index (χ2n) is 4.75. The molecule has 0 saturated heterocycles. The summed E-state index contributed by atoms with van der Waals surface area (Å²) < 4.78 is 0. The van der Waals surface area contributed by atoms with Gasteiger partial charge in [-0.1, -0.05) is 44.2 Å². The van der Waals surface area contributed by atoms with Crippen molar-refractivity contribution >= 4 is 5.97 Å². The van der Waals surface area contributed by atoms with E-state index in [0.717, 1.165) is 0 Å². The van der Waals surface area contributed by atoms with Crippen molar-refractivity contribution in [3.63, 3.8) is 0 Å². The zero-order chi connectivity index (χ0) is 12.8. The summed E-state index contributed by atoms with van der Waals surface area (Å²) in [5.74, 6) is -0.450. The molecule has 2 atom stereocenters. The van der Waals surface area contributed by atoms with Gasteiger partial charge in [0, 0.05) is 12.1 Å². The minimum Gasteiger partial charge on any atom is -0.481 e. The number of carbonyl (C=O) groups is 1. The molecule has 1 unspecified atom stereocenters. The van der Waals surface area contributed by atoms with Crippen LogP contribution >= 0.6 is 0 Å². The Morgan fingerprint density at radius 3 is 2.29 bits per heavy atom. The molecular formula is C14H21NO2. The maximum absolute atomic E-state index is 10.8. The van der Waals surface area contributed by atoms with Gasteiger partial charge in [-0.25, -0.2) is 0 Å². The largest absolute Gasteiger partial charge is 0.481 e. The van der Waals surface area contributed by atoms with Gasteiger partial charge in [0.15, 0.2) is 0 Å². The van der Waals surface area contributed by atoms with E-state index in [1.165, 1.54) is 5.56 Å². The number of hydrogen-bond acceptors (Lipinski definition) is 2. The summed E-state index contributed by atoms with van der Waals surface area (Å²) in [5.41, 5.74) is 1.18. The molecule has 0 bridgehead atoms. The van der Waals surface area contributed by atoms with Crippen molar-refractivity contribution in [3.05, 3.63) is 35.9 Å². The van der Waals surface area contributed by atoms with E-state index in [1.807, 2.05) is 32.0 Å². The molecular weight excluding hydrogens is 214 g/mol. The van der Waals surface area contributed by atoms with Gasteiger partial charge in [0.1, 0.15) is 0 Å². The molecule has 0 heterocycles. The lowest BCUT2D eigenvalue weighted by molar-refractivity contribution is -0.137. The van der Waals surface area contributed by atoms with Crippen molar-refractivity contribution in [3.8, 4) is 0 Å². The molecule has 17 heavy (non-hydrogen) atoms. The molecule has 0 aliphatic carbocycles. The Bertz CT molecular complexity index is 348. The molecule has 2 N–H and O–H groups in total. The fourth-order valence-corrected chi connectivity index (χ4v) is 1.83. The number of aliphatic carboxylic acids is 1. The minimum atomic E-state index is -0.753. The Kier molecular flexibility index (Phi) is 5.16. The van der Waals surface area contributed by atoms with Crippen molar-refractivity contribution in [1.29, 1.82) is 0 Å². The Morgan fingerprint density at radius 1 is 1.24 bits per heavy atom. The normalized spacial score (nSPS) is 14.6. The van der Waals surface area contributed by atoms with Gasteiger partial charge < -0.3 is 10.4 Å². The Labute approximate surface area is 103 Å². The van der Waals surface area contributed by atoms with E-state index in [4.69, 9.17) is 5.11 Å². The molecule has 0 aliphatic rings. The first-order valence-corrected chi connectivity index (χ1v) is 6.03. The maximum Gasteiger partial charge on any atom is 0.304 e. The van der Waals surface area contributed by atoms with Crippen LogP contribution in [0.25, 0.3) is 0 Å². The van der Waals surface area contributed by atoms with Crippen LogP contribution in [0.5, 0.6) is 0 Å². The summed E-state index contributed by atoms with van der Waals surface area (Å²) in [6.45, 7) is 6.14. The first-order chi connectivity index (χ1) is 8.00. The van der Waals surface area contributed by atoms with E-state index in [1.54, 1.807) is 0 Å². The second kappa shape index (κ2) is 6.40. The SMILES string of the molecule is CC(N[C@@H](CC(=O)O)C(C)C)c1ccccc1. The van der Waals surface area contributed by atoms with E-state index in [0.29, 0.717) is 5.92 Å². The average molecular weight is 235 g/mol. The molecule has 0 amide bonds. The first-order valence-electron chi connectivity index (χ1n) is 6.03. The molecule has 3 heteroatoms. The highest BCUT2D eigenvalue weighted by Crippen LogP contribution is 2.16. The van der Waals surface area contributed by atoms with Gasteiger partial charge in [-0.2, -0.15) is 0 Å². The van der Waals surface area contributed by atoms with Crippen LogP contribution in [0.4, 0.5) is 0 Å². The highest BCUT2D eigenvalue weighted by atomic mass is 16.4. The molecule has 1 aromatic carbocycles. The summed E-state index contributed by atoms with van der Waals surface area (Å²) in [6, 6.07) is 10.2. The van der Waals surface area contributed by atoms with E-state index in [2.05, 4.69) is 24.4 Å². The highest BCUT2D eigenvalue weighted by Gasteiger charge is 2.19. The van der Waals surface area contributed by atoms with Gasteiger partial charge in [0.25, 0.3) is 0 Å². The van der Waals surface area contributed by atoms with Gasteiger partial charge in [-0.05, 0) is 18.4 Å². The lowest BCUT2D eigenvalue weighted by atomic mass is 9.98. The van der Waals surface area contributed by atoms with Gasteiger partial charge in [-0.3, -0.25) is 4.79 Å². The number of carboxylic acids is 1. The molecule has 0 spiro atoms. The van der Waals surface area contributed by atoms with Crippen molar-refractivity contribution in [2.75, 3.05) is 0 Å². The van der Waals surface area contributed by atoms with E-state index in [-0.39, 0.29) is 18.5 Å². The van der Waals surface area contributed by atoms with Crippen molar-refractivity contribution in [2.24, 2.45) is 5.92 Å². The van der Waals surface area contributed by atoms with Crippen LogP contribution < -0.4 is 5.32 Å². The molecule has 0 aliphatic heterocycles. The summed E-state index contributed by atoms with van der Waals surface area (Å²) in [5, 5.41) is 12.3. The number of carboxylic acid groups (broad SMARTS) is 1. The monoisotopic (exact) mass is 235 g/mol. The van der Waals surface area contributed by atoms with Crippen LogP contribution in [-0.4, -0.2) is 17.1 Å². The standard InChI is InChI=1S/C14H21NO2/c1-10(2)13(9-14(16)17)15-11(3)12-7-5-4-6-8-12/h4-8,10-11,13,15H,9H2,1-3H3,(H,16,17)/t11?,13-/m0/s1. The molecule has 94 valence electrons. The van der Waals surface area contributed by atoms with Crippen LogP contribution in [0.2, 0.25) is 0 Å². The molecule has 0 radical (unpaired) electrons. The number of hydrogen-bond donors (Lipinski definition) is 2. The summed E-state index contributed by atoms with van der Waals surface area (Å²) >= 11 is 0. The third-order valence-electron chi connectivity index (χ3n) is 2.96. The van der Waals surface area contributed by atoms with Gasteiger partial charge in [0.05, 0.1) is 6.42 Å². The molecule has 3 nitrogen and oxygen atoms in total. The predicted molar refractivity (Wildman–Crippen MR) is 68.9 cm³/mol. The fourth-order valence-electron chi connectivity index (χ4n) is 1.83. The summed E-state index contributed by atoms with van der Waals surface area (Å²) in [4.78, 5) is 10.8. The number of rotatable bonds is 6. The zero-order valence-corrected chi connectivity index (χ0v) is 10.7. The topological polar surface area (TPSA) is 49.3 Å². The first kappa shape index (κ1) is 13.7. The smallest absolute Gasteiger partial charge is 0.304 e. The molecule has 0 aromatic heterocycles. The minimum absolute atomic E-state index is 0.00251. The lowest BCUT2D eigenvalue weighted by Crippen LogP contribution is -2.37. The van der Waals surface area contributed by atoms with Gasteiger partial charge in [-0.15, -0.1) is 0 Å². The quantitative estimate of drug-likeness (QED) is 0.797. The van der Waals surface area contributed by atoms with E-state index in [9.17, 15) is 4.79 Å². The van der Waals surface area contributed by atoms with Crippen molar-refractivity contribution in [2.45, 2.75) is 39.3 Å². The predicted octanol–water partition coefficient (Wildman–Crippen LogP) is 2.84. The van der Waals surface area contributed by atoms with E-state index >= 15 is 0 Å². The lowest BCUT2D eigenvalue weighted by Gasteiger charge is -2.25. The Balaban J connectivity index is 2.64. The van der Waals surface area contributed by atoms with Crippen molar-refractivity contribution < 1.29 is 9.90 Å². The average Bonchev–Trinajstić information content (AvgIpc) is 2.28. The second-order valence-corrected chi connectivity index (χ2v) is 4.75. The maximum atomic E-state index is 10.8. The zero-order valence-electron chi connectivity index (χ0n) is 10.7. The molecule has 1 aromatic rings. The van der Waals surface area contributed by atoms with Crippen LogP contribution in [0.15, 0.2) is 30.3 Å². The van der Waals surface area contributed by atoms with Crippen LogP contribution in [0.1, 0.15) is 38.8 Å². The van der Waals surface area contributed by atoms with Gasteiger partial charge >= 0.3 is 5.97 Å². The summed E-state index contributed by atoms with van der Waals surface area (Å²) in [6.07, 6.45) is 0.162. The Hall–Kier alpha value is -1.35. The molecule has 1 rings (SSSR count). The third-order valence-corrected chi connectivity index (χ3v) is 2.96. The van der Waals surface area contributed by atoms with Crippen molar-refractivity contribution in [1.82, 2.24) is 5.32 Å². The summed E-state index contributed by atoms with van der Waals surface area (Å²) in [7, 11) is 0. The van der Waals surface area contributed by atoms with E-state index < -0.39 is 5.97 Å². The van der Waals surface area contributed by atoms with Crippen LogP contribution in [0.3, 0.4) is 0 Å². The molecule has 0 saturated carbocycles. The van der Waals surface area contributed by atoms with Gasteiger partial charge in [0.2, 0.25) is 0 Å². The molecule has 0 fully saturated rings. The fraction of sp³-hybridized carbons (Fsp3) is 0.500. The highest BCUT2D eigenvalue weighted by molar-refractivity contribution is 5.67. The van der Waals surface area contributed by atoms with Crippen LogP contribution in [-0.2, 0) is 4.79 Å². The number of nitrogens with one attached hydrogen (secondary N) is 1. The Morgan fingerprint density at radius 2 is 1.82 bits per heavy atom. The number of benzene rings is 1.